The molecule has 0 aliphatic carbocycles. The van der Waals surface area contributed by atoms with Gasteiger partial charge in [-0.15, -0.1) is 13.2 Å². The van der Waals surface area contributed by atoms with Crippen LogP contribution in [0.2, 0.25) is 0 Å². The van der Waals surface area contributed by atoms with Crippen molar-refractivity contribution in [3.05, 3.63) is 83.4 Å². The lowest BCUT2D eigenvalue weighted by atomic mass is 10.0. The number of hydrogen-bond donors (Lipinski definition) is 0. The van der Waals surface area contributed by atoms with Crippen LogP contribution < -0.4 is 9.47 Å². The van der Waals surface area contributed by atoms with E-state index in [1.807, 2.05) is 12.1 Å². The SMILES string of the molecule is N#Cc1ccc(C(=O)COc2ccc(C#N)cc2-c2ccc(OC(F)(F)F)cc2)cc1. The third-order valence-corrected chi connectivity index (χ3v) is 4.20. The molecule has 31 heavy (non-hydrogen) atoms. The number of carbonyl (C=O) groups excluding carboxylic acids is 1. The van der Waals surface area contributed by atoms with Crippen molar-refractivity contribution in [3.8, 4) is 34.8 Å². The molecule has 0 aromatic heterocycles. The summed E-state index contributed by atoms with van der Waals surface area (Å²) < 4.78 is 46.6. The van der Waals surface area contributed by atoms with Crippen LogP contribution in [0, 0.1) is 22.7 Å². The lowest BCUT2D eigenvalue weighted by Gasteiger charge is -2.13. The monoisotopic (exact) mass is 422 g/mol. The average Bonchev–Trinajstić information content (AvgIpc) is 2.77. The second-order valence-electron chi connectivity index (χ2n) is 6.30. The minimum Gasteiger partial charge on any atom is -0.485 e. The fourth-order valence-corrected chi connectivity index (χ4v) is 2.74. The molecular formula is C23H13F3N2O3. The molecule has 0 aliphatic heterocycles. The zero-order chi connectivity index (χ0) is 22.4. The summed E-state index contributed by atoms with van der Waals surface area (Å²) in [5, 5.41) is 18.0. The maximum absolute atomic E-state index is 12.4. The molecule has 0 heterocycles. The number of Topliss-reactive ketones (excluding diaryl/α,β-unsaturated/α-hetero) is 1. The predicted molar refractivity (Wildman–Crippen MR) is 104 cm³/mol. The number of carbonyl (C=O) groups is 1. The van der Waals surface area contributed by atoms with Crippen LogP contribution in [0.15, 0.2) is 66.7 Å². The molecule has 0 radical (unpaired) electrons. The minimum absolute atomic E-state index is 0.283. The summed E-state index contributed by atoms with van der Waals surface area (Å²) in [5.74, 6) is -0.426. The first kappa shape index (κ1) is 21.4. The summed E-state index contributed by atoms with van der Waals surface area (Å²) in [7, 11) is 0. The Bertz CT molecular complexity index is 1170. The zero-order valence-electron chi connectivity index (χ0n) is 15.8. The molecule has 3 aromatic rings. The van der Waals surface area contributed by atoms with Crippen LogP contribution >= 0.6 is 0 Å². The van der Waals surface area contributed by atoms with Crippen LogP contribution in [0.25, 0.3) is 11.1 Å². The fraction of sp³-hybridized carbons (Fsp3) is 0.0870. The van der Waals surface area contributed by atoms with E-state index in [-0.39, 0.29) is 23.9 Å². The second-order valence-corrected chi connectivity index (χ2v) is 6.30. The van der Waals surface area contributed by atoms with E-state index in [0.717, 1.165) is 12.1 Å². The summed E-state index contributed by atoms with van der Waals surface area (Å²) >= 11 is 0. The Morgan fingerprint density at radius 2 is 1.48 bits per heavy atom. The van der Waals surface area contributed by atoms with Gasteiger partial charge >= 0.3 is 6.36 Å². The van der Waals surface area contributed by atoms with Gasteiger partial charge in [0.25, 0.3) is 0 Å². The Morgan fingerprint density at radius 3 is 2.06 bits per heavy atom. The van der Waals surface area contributed by atoms with Gasteiger partial charge in [0, 0.05) is 11.1 Å². The van der Waals surface area contributed by atoms with E-state index in [4.69, 9.17) is 15.3 Å². The molecule has 0 saturated heterocycles. The number of nitriles is 2. The van der Waals surface area contributed by atoms with Gasteiger partial charge in [0.05, 0.1) is 23.3 Å². The van der Waals surface area contributed by atoms with Gasteiger partial charge in [-0.05, 0) is 60.2 Å². The van der Waals surface area contributed by atoms with E-state index in [9.17, 15) is 18.0 Å². The highest BCUT2D eigenvalue weighted by molar-refractivity contribution is 5.97. The molecule has 0 N–H and O–H groups in total. The van der Waals surface area contributed by atoms with Gasteiger partial charge in [0.1, 0.15) is 11.5 Å². The molecule has 0 unspecified atom stereocenters. The third-order valence-electron chi connectivity index (χ3n) is 4.20. The van der Waals surface area contributed by atoms with Gasteiger partial charge in [0.15, 0.2) is 12.4 Å². The number of ketones is 1. The molecule has 3 aromatic carbocycles. The van der Waals surface area contributed by atoms with E-state index in [2.05, 4.69) is 4.74 Å². The molecule has 0 saturated carbocycles. The molecular weight excluding hydrogens is 409 g/mol. The van der Waals surface area contributed by atoms with Crippen molar-refractivity contribution in [2.24, 2.45) is 0 Å². The lowest BCUT2D eigenvalue weighted by Crippen LogP contribution is -2.16. The van der Waals surface area contributed by atoms with E-state index in [1.54, 1.807) is 0 Å². The van der Waals surface area contributed by atoms with Crippen molar-refractivity contribution in [1.29, 1.82) is 10.5 Å². The van der Waals surface area contributed by atoms with E-state index in [0.29, 0.717) is 27.8 Å². The van der Waals surface area contributed by atoms with Gasteiger partial charge in [-0.25, -0.2) is 0 Å². The van der Waals surface area contributed by atoms with Crippen LogP contribution in [-0.4, -0.2) is 18.8 Å². The smallest absolute Gasteiger partial charge is 0.485 e. The highest BCUT2D eigenvalue weighted by Gasteiger charge is 2.31. The summed E-state index contributed by atoms with van der Waals surface area (Å²) in [6.07, 6.45) is -4.80. The second kappa shape index (κ2) is 9.02. The number of rotatable bonds is 6. The Hall–Kier alpha value is -4.30. The van der Waals surface area contributed by atoms with Gasteiger partial charge in [0.2, 0.25) is 0 Å². The number of nitrogens with zero attached hydrogens (tertiary/aromatic N) is 2. The summed E-state index contributed by atoms with van der Waals surface area (Å²) in [4.78, 5) is 12.4. The van der Waals surface area contributed by atoms with Crippen molar-refractivity contribution < 1.29 is 27.4 Å². The maximum Gasteiger partial charge on any atom is 0.573 e. The van der Waals surface area contributed by atoms with E-state index >= 15 is 0 Å². The first-order chi connectivity index (χ1) is 14.8. The average molecular weight is 422 g/mol. The molecule has 0 atom stereocenters. The Kier molecular flexibility index (Phi) is 6.23. The van der Waals surface area contributed by atoms with Crippen molar-refractivity contribution in [3.63, 3.8) is 0 Å². The van der Waals surface area contributed by atoms with Crippen LogP contribution in [-0.2, 0) is 0 Å². The molecule has 3 rings (SSSR count). The molecule has 0 bridgehead atoms. The van der Waals surface area contributed by atoms with Crippen molar-refractivity contribution in [1.82, 2.24) is 0 Å². The molecule has 0 spiro atoms. The number of benzene rings is 3. The van der Waals surface area contributed by atoms with Gasteiger partial charge in [-0.1, -0.05) is 12.1 Å². The van der Waals surface area contributed by atoms with Gasteiger partial charge in [-0.3, -0.25) is 4.79 Å². The number of alkyl halides is 3. The largest absolute Gasteiger partial charge is 0.573 e. The van der Waals surface area contributed by atoms with Crippen LogP contribution in [0.5, 0.6) is 11.5 Å². The molecule has 0 fully saturated rings. The zero-order valence-corrected chi connectivity index (χ0v) is 15.8. The molecule has 0 amide bonds. The quantitative estimate of drug-likeness (QED) is 0.506. The first-order valence-corrected chi connectivity index (χ1v) is 8.85. The highest BCUT2D eigenvalue weighted by Crippen LogP contribution is 2.33. The summed E-state index contributed by atoms with van der Waals surface area (Å²) in [5.41, 5.74) is 2.02. The number of halogens is 3. The summed E-state index contributed by atoms with van der Waals surface area (Å²) in [6, 6.07) is 19.6. The first-order valence-electron chi connectivity index (χ1n) is 8.85. The standard InChI is InChI=1S/C23H13F3N2O3/c24-23(25,26)31-19-8-6-17(7-9-19)20-11-16(13-28)3-10-22(20)30-14-21(29)18-4-1-15(12-27)2-5-18/h1-11H,14H2. The highest BCUT2D eigenvalue weighted by atomic mass is 19.4. The minimum atomic E-state index is -4.80. The number of ether oxygens (including phenoxy) is 2. The topological polar surface area (TPSA) is 83.1 Å². The Morgan fingerprint density at radius 1 is 0.871 bits per heavy atom. The van der Waals surface area contributed by atoms with Crippen LogP contribution in [0.4, 0.5) is 13.2 Å². The van der Waals surface area contributed by atoms with Crippen LogP contribution in [0.1, 0.15) is 21.5 Å². The molecule has 0 aliphatic rings. The Labute approximate surface area is 175 Å². The van der Waals surface area contributed by atoms with Crippen molar-refractivity contribution in [2.45, 2.75) is 6.36 Å². The molecule has 8 heteroatoms. The van der Waals surface area contributed by atoms with Gasteiger partial charge in [-0.2, -0.15) is 10.5 Å². The molecule has 154 valence electrons. The lowest BCUT2D eigenvalue weighted by molar-refractivity contribution is -0.274. The van der Waals surface area contributed by atoms with Crippen molar-refractivity contribution in [2.75, 3.05) is 6.61 Å². The fourth-order valence-electron chi connectivity index (χ4n) is 2.74. The maximum atomic E-state index is 12.4. The normalized spacial score (nSPS) is 10.6. The van der Waals surface area contributed by atoms with Gasteiger partial charge < -0.3 is 9.47 Å². The third kappa shape index (κ3) is 5.62. The van der Waals surface area contributed by atoms with Crippen molar-refractivity contribution >= 4 is 5.78 Å². The number of hydrogen-bond acceptors (Lipinski definition) is 5. The van der Waals surface area contributed by atoms with E-state index in [1.165, 1.54) is 54.6 Å². The predicted octanol–water partition coefficient (Wildman–Crippen LogP) is 5.26. The Balaban J connectivity index is 1.82. The van der Waals surface area contributed by atoms with E-state index < -0.39 is 6.36 Å². The van der Waals surface area contributed by atoms with Crippen LogP contribution in [0.3, 0.4) is 0 Å². The molecule has 5 nitrogen and oxygen atoms in total. The summed E-state index contributed by atoms with van der Waals surface area (Å²) in [6.45, 7) is -0.305.